The Hall–Kier alpha value is -1.67. The minimum atomic E-state index is -3.59. The second kappa shape index (κ2) is 8.69. The van der Waals surface area contributed by atoms with Gasteiger partial charge in [0.15, 0.2) is 8.32 Å². The molecule has 170 valence electrons. The molecule has 0 saturated carbocycles. The van der Waals surface area contributed by atoms with Crippen LogP contribution < -0.4 is 4.74 Å². The summed E-state index contributed by atoms with van der Waals surface area (Å²) in [6.45, 7) is 13.8. The van der Waals surface area contributed by atoms with Crippen molar-refractivity contribution in [3.8, 4) is 5.75 Å². The molecule has 0 amide bonds. The summed E-state index contributed by atoms with van der Waals surface area (Å²) in [5, 5.41) is 0.0424. The molecule has 0 unspecified atom stereocenters. The molecule has 5 nitrogen and oxygen atoms in total. The van der Waals surface area contributed by atoms with Crippen LogP contribution >= 0.6 is 0 Å². The number of sulfonamides is 1. The van der Waals surface area contributed by atoms with E-state index in [1.807, 2.05) is 43.3 Å². The number of methoxy groups -OCH3 is 1. The molecule has 2 atom stereocenters. The highest BCUT2D eigenvalue weighted by Gasteiger charge is 2.46. The van der Waals surface area contributed by atoms with Gasteiger partial charge in [-0.05, 0) is 54.9 Å². The second-order valence-electron chi connectivity index (χ2n) is 9.93. The molecule has 1 aliphatic heterocycles. The minimum Gasteiger partial charge on any atom is -0.497 e. The average molecular weight is 462 g/mol. The maximum absolute atomic E-state index is 13.4. The topological polar surface area (TPSA) is 55.8 Å². The number of nitrogens with zero attached hydrogens (tertiary/aromatic N) is 1. The van der Waals surface area contributed by atoms with Crippen LogP contribution in [0.4, 0.5) is 0 Å². The summed E-state index contributed by atoms with van der Waals surface area (Å²) < 4.78 is 40.4. The van der Waals surface area contributed by atoms with Gasteiger partial charge in [-0.15, -0.1) is 0 Å². The SMILES string of the molecule is COc1ccc([C@@H]2CN(S(=O)(=O)c3ccc(C)cc3)C[C@H]2O[Si](C)(C)C(C)(C)C)cc1. The van der Waals surface area contributed by atoms with Gasteiger partial charge in [0.05, 0.1) is 18.1 Å². The van der Waals surface area contributed by atoms with Crippen LogP contribution in [0.2, 0.25) is 18.1 Å². The van der Waals surface area contributed by atoms with Crippen molar-refractivity contribution >= 4 is 18.3 Å². The van der Waals surface area contributed by atoms with E-state index < -0.39 is 18.3 Å². The average Bonchev–Trinajstić information content (AvgIpc) is 3.11. The second-order valence-corrected chi connectivity index (χ2v) is 16.6. The standard InChI is InChI=1S/C24H35NO4SSi/c1-18-8-14-21(15-9-18)30(26,27)25-16-22(19-10-12-20(28-5)13-11-19)23(17-25)29-31(6,7)24(2,3)4/h8-15,22-23H,16-17H2,1-7H3/t22-,23+/m0/s1. The fraction of sp³-hybridized carbons (Fsp3) is 0.500. The predicted octanol–water partition coefficient (Wildman–Crippen LogP) is 5.18. The molecular weight excluding hydrogens is 426 g/mol. The van der Waals surface area contributed by atoms with Gasteiger partial charge in [-0.25, -0.2) is 8.42 Å². The van der Waals surface area contributed by atoms with E-state index in [0.29, 0.717) is 18.0 Å². The Morgan fingerprint density at radius 2 is 1.55 bits per heavy atom. The van der Waals surface area contributed by atoms with E-state index in [-0.39, 0.29) is 17.1 Å². The normalized spacial score (nSPS) is 20.7. The number of hydrogen-bond acceptors (Lipinski definition) is 4. The Morgan fingerprint density at radius 1 is 0.968 bits per heavy atom. The van der Waals surface area contributed by atoms with Crippen molar-refractivity contribution in [3.63, 3.8) is 0 Å². The summed E-state index contributed by atoms with van der Waals surface area (Å²) in [6, 6.07) is 15.0. The molecule has 0 aliphatic carbocycles. The van der Waals surface area contributed by atoms with Gasteiger partial charge in [-0.2, -0.15) is 4.31 Å². The molecular formula is C24H35NO4SSi. The molecule has 1 aliphatic rings. The molecule has 0 spiro atoms. The number of ether oxygens (including phenoxy) is 1. The Morgan fingerprint density at radius 3 is 2.06 bits per heavy atom. The Labute approximate surface area is 188 Å². The summed E-state index contributed by atoms with van der Waals surface area (Å²) in [7, 11) is -4.03. The third-order valence-electron chi connectivity index (χ3n) is 6.69. The van der Waals surface area contributed by atoms with Crippen LogP contribution in [0.3, 0.4) is 0 Å². The highest BCUT2D eigenvalue weighted by atomic mass is 32.2. The lowest BCUT2D eigenvalue weighted by Crippen LogP contribution is -2.45. The van der Waals surface area contributed by atoms with Crippen LogP contribution in [-0.2, 0) is 14.4 Å². The highest BCUT2D eigenvalue weighted by molar-refractivity contribution is 7.89. The molecule has 1 saturated heterocycles. The van der Waals surface area contributed by atoms with Gasteiger partial charge in [-0.3, -0.25) is 0 Å². The first-order chi connectivity index (χ1) is 14.3. The molecule has 3 rings (SSSR count). The zero-order valence-corrected chi connectivity index (χ0v) is 21.5. The molecule has 31 heavy (non-hydrogen) atoms. The Balaban J connectivity index is 1.95. The van der Waals surface area contributed by atoms with Crippen molar-refractivity contribution in [3.05, 3.63) is 59.7 Å². The predicted molar refractivity (Wildman–Crippen MR) is 128 cm³/mol. The van der Waals surface area contributed by atoms with Crippen LogP contribution in [0.15, 0.2) is 53.4 Å². The van der Waals surface area contributed by atoms with Gasteiger partial charge < -0.3 is 9.16 Å². The van der Waals surface area contributed by atoms with Crippen molar-refractivity contribution in [2.75, 3.05) is 20.2 Å². The van der Waals surface area contributed by atoms with Crippen molar-refractivity contribution in [2.45, 2.75) is 62.7 Å². The van der Waals surface area contributed by atoms with E-state index >= 15 is 0 Å². The van der Waals surface area contributed by atoms with E-state index in [9.17, 15) is 8.42 Å². The van der Waals surface area contributed by atoms with Gasteiger partial charge in [0.2, 0.25) is 10.0 Å². The first-order valence-corrected chi connectivity index (χ1v) is 15.1. The van der Waals surface area contributed by atoms with Crippen LogP contribution in [0, 0.1) is 6.92 Å². The van der Waals surface area contributed by atoms with Crippen molar-refractivity contribution in [2.24, 2.45) is 0 Å². The lowest BCUT2D eigenvalue weighted by molar-refractivity contribution is 0.178. The molecule has 0 aromatic heterocycles. The molecule has 2 aromatic carbocycles. The molecule has 0 bridgehead atoms. The van der Waals surface area contributed by atoms with Gasteiger partial charge >= 0.3 is 0 Å². The molecule has 1 fully saturated rings. The minimum absolute atomic E-state index is 0.0275. The van der Waals surface area contributed by atoms with Crippen molar-refractivity contribution in [1.82, 2.24) is 4.31 Å². The van der Waals surface area contributed by atoms with Crippen LogP contribution in [0.25, 0.3) is 0 Å². The third-order valence-corrected chi connectivity index (χ3v) is 13.0. The first kappa shape index (κ1) is 24.0. The third kappa shape index (κ3) is 5.05. The van der Waals surface area contributed by atoms with Crippen molar-refractivity contribution in [1.29, 1.82) is 0 Å². The van der Waals surface area contributed by atoms with E-state index in [1.165, 1.54) is 0 Å². The maximum Gasteiger partial charge on any atom is 0.243 e. The van der Waals surface area contributed by atoms with Gasteiger partial charge in [0.1, 0.15) is 5.75 Å². The fourth-order valence-corrected chi connectivity index (χ4v) is 6.47. The van der Waals surface area contributed by atoms with E-state index in [0.717, 1.165) is 16.9 Å². The molecule has 2 aromatic rings. The number of aryl methyl sites for hydroxylation is 1. The largest absolute Gasteiger partial charge is 0.497 e. The lowest BCUT2D eigenvalue weighted by Gasteiger charge is -2.39. The molecule has 0 N–H and O–H groups in total. The highest BCUT2D eigenvalue weighted by Crippen LogP contribution is 2.42. The summed E-state index contributed by atoms with van der Waals surface area (Å²) in [5.41, 5.74) is 2.11. The zero-order chi connectivity index (χ0) is 23.0. The number of hydrogen-bond donors (Lipinski definition) is 0. The molecule has 7 heteroatoms. The Bertz CT molecular complexity index is 995. The smallest absolute Gasteiger partial charge is 0.243 e. The monoisotopic (exact) mass is 461 g/mol. The van der Waals surface area contributed by atoms with E-state index in [2.05, 4.69) is 33.9 Å². The molecule has 0 radical (unpaired) electrons. The quantitative estimate of drug-likeness (QED) is 0.556. The van der Waals surface area contributed by atoms with Gasteiger partial charge in [-0.1, -0.05) is 50.6 Å². The summed E-state index contributed by atoms with van der Waals surface area (Å²) in [6.07, 6.45) is -0.186. The first-order valence-electron chi connectivity index (χ1n) is 10.7. The van der Waals surface area contributed by atoms with Crippen LogP contribution in [-0.4, -0.2) is 47.3 Å². The maximum atomic E-state index is 13.4. The van der Waals surface area contributed by atoms with E-state index in [4.69, 9.17) is 9.16 Å². The zero-order valence-electron chi connectivity index (χ0n) is 19.7. The van der Waals surface area contributed by atoms with Gasteiger partial charge in [0, 0.05) is 19.0 Å². The fourth-order valence-electron chi connectivity index (χ4n) is 3.64. The van der Waals surface area contributed by atoms with E-state index in [1.54, 1.807) is 23.5 Å². The summed E-state index contributed by atoms with van der Waals surface area (Å²) >= 11 is 0. The van der Waals surface area contributed by atoms with Gasteiger partial charge in [0.25, 0.3) is 0 Å². The summed E-state index contributed by atoms with van der Waals surface area (Å²) in [4.78, 5) is 0.333. The lowest BCUT2D eigenvalue weighted by atomic mass is 9.96. The van der Waals surface area contributed by atoms with Crippen LogP contribution in [0.1, 0.15) is 37.8 Å². The summed E-state index contributed by atoms with van der Waals surface area (Å²) in [5.74, 6) is 0.757. The number of rotatable bonds is 6. The Kier molecular flexibility index (Phi) is 6.72. The number of benzene rings is 2. The van der Waals surface area contributed by atoms with Crippen LogP contribution in [0.5, 0.6) is 5.75 Å². The molecule has 1 heterocycles. The van der Waals surface area contributed by atoms with Crippen molar-refractivity contribution < 1.29 is 17.6 Å².